The van der Waals surface area contributed by atoms with E-state index in [1.807, 2.05) is 18.2 Å². The summed E-state index contributed by atoms with van der Waals surface area (Å²) < 4.78 is 0. The van der Waals surface area contributed by atoms with Gasteiger partial charge in [0, 0.05) is 5.56 Å². The Balaban J connectivity index is 2.02. The highest BCUT2D eigenvalue weighted by atomic mass is 17.2. The first-order valence-electron chi connectivity index (χ1n) is 5.53. The third-order valence-electron chi connectivity index (χ3n) is 2.60. The minimum absolute atomic E-state index is 0.265. The van der Waals surface area contributed by atoms with Crippen LogP contribution in [0, 0.1) is 0 Å². The summed E-state index contributed by atoms with van der Waals surface area (Å²) in [6.45, 7) is 3.80. The fraction of sp³-hybridized carbons (Fsp3) is 0.500. The van der Waals surface area contributed by atoms with Gasteiger partial charge in [0.15, 0.2) is 5.75 Å². The third kappa shape index (κ3) is 2.49. The molecule has 0 aliphatic carbocycles. The largest absolute Gasteiger partial charge is 0.337 e. The van der Waals surface area contributed by atoms with Gasteiger partial charge in [-0.1, -0.05) is 31.5 Å². The maximum absolute atomic E-state index is 5.12. The molecule has 0 saturated heterocycles. The minimum Gasteiger partial charge on any atom is -0.337 e. The molecule has 1 aliphatic rings. The molecule has 0 radical (unpaired) electrons. The molecule has 0 spiro atoms. The smallest absolute Gasteiger partial charge is 0.170 e. The van der Waals surface area contributed by atoms with Crippen LogP contribution >= 0.6 is 0 Å². The van der Waals surface area contributed by atoms with Crippen molar-refractivity contribution >= 4 is 0 Å². The maximum Gasteiger partial charge on any atom is 0.170 e. The summed E-state index contributed by atoms with van der Waals surface area (Å²) in [7, 11) is 0. The standard InChI is InChI=1S/C12H17NO2/c1-2-3-8-13-11-9-14-15-12-7-5-4-6-10(11)12/h4-7,11,13H,2-3,8-9H2,1H3. The Bertz CT molecular complexity index is 314. The molecule has 1 aromatic rings. The SMILES string of the molecule is CCCCNC1COOc2ccccc21. The molecular weight excluding hydrogens is 190 g/mol. The molecule has 3 nitrogen and oxygen atoms in total. The van der Waals surface area contributed by atoms with Crippen LogP contribution in [0.25, 0.3) is 0 Å². The summed E-state index contributed by atoms with van der Waals surface area (Å²) in [6.07, 6.45) is 2.40. The van der Waals surface area contributed by atoms with Gasteiger partial charge in [-0.2, -0.15) is 4.89 Å². The zero-order chi connectivity index (χ0) is 10.5. The fourth-order valence-electron chi connectivity index (χ4n) is 1.72. The molecule has 1 aliphatic heterocycles. The van der Waals surface area contributed by atoms with Crippen molar-refractivity contribution in [3.63, 3.8) is 0 Å². The highest BCUT2D eigenvalue weighted by molar-refractivity contribution is 5.36. The molecule has 1 atom stereocenters. The van der Waals surface area contributed by atoms with E-state index >= 15 is 0 Å². The summed E-state index contributed by atoms with van der Waals surface area (Å²) in [5.41, 5.74) is 1.19. The molecule has 0 amide bonds. The molecule has 3 heteroatoms. The number of para-hydroxylation sites is 1. The highest BCUT2D eigenvalue weighted by Gasteiger charge is 2.21. The number of hydrogen-bond donors (Lipinski definition) is 1. The molecule has 0 fully saturated rings. The van der Waals surface area contributed by atoms with Crippen molar-refractivity contribution in [3.8, 4) is 5.75 Å². The molecule has 1 N–H and O–H groups in total. The van der Waals surface area contributed by atoms with Crippen molar-refractivity contribution in [1.29, 1.82) is 0 Å². The Labute approximate surface area is 90.3 Å². The number of nitrogens with one attached hydrogen (secondary N) is 1. The second kappa shape index (κ2) is 5.14. The first kappa shape index (κ1) is 10.5. The quantitative estimate of drug-likeness (QED) is 0.607. The van der Waals surface area contributed by atoms with E-state index in [0.717, 1.165) is 12.3 Å². The lowest BCUT2D eigenvalue weighted by atomic mass is 10.1. The van der Waals surface area contributed by atoms with Crippen LogP contribution in [-0.4, -0.2) is 13.2 Å². The van der Waals surface area contributed by atoms with Crippen LogP contribution in [0.3, 0.4) is 0 Å². The maximum atomic E-state index is 5.12. The second-order valence-corrected chi connectivity index (χ2v) is 3.77. The van der Waals surface area contributed by atoms with Crippen molar-refractivity contribution in [2.24, 2.45) is 0 Å². The van der Waals surface area contributed by atoms with Crippen LogP contribution in [0.15, 0.2) is 24.3 Å². The van der Waals surface area contributed by atoms with Gasteiger partial charge in [-0.15, -0.1) is 0 Å². The lowest BCUT2D eigenvalue weighted by molar-refractivity contribution is -0.223. The van der Waals surface area contributed by atoms with Crippen molar-refractivity contribution in [2.45, 2.75) is 25.8 Å². The molecule has 1 aromatic carbocycles. The topological polar surface area (TPSA) is 30.5 Å². The number of hydrogen-bond acceptors (Lipinski definition) is 3. The van der Waals surface area contributed by atoms with Crippen LogP contribution in [0.5, 0.6) is 5.75 Å². The predicted molar refractivity (Wildman–Crippen MR) is 58.7 cm³/mol. The molecule has 1 heterocycles. The Morgan fingerprint density at radius 1 is 1.40 bits per heavy atom. The molecule has 2 rings (SSSR count). The number of fused-ring (bicyclic) bond motifs is 1. The van der Waals surface area contributed by atoms with Gasteiger partial charge < -0.3 is 10.2 Å². The van der Waals surface area contributed by atoms with Gasteiger partial charge in [0.2, 0.25) is 0 Å². The van der Waals surface area contributed by atoms with Gasteiger partial charge >= 0.3 is 0 Å². The van der Waals surface area contributed by atoms with Crippen molar-refractivity contribution < 1.29 is 9.78 Å². The predicted octanol–water partition coefficient (Wildman–Crippen LogP) is 2.44. The van der Waals surface area contributed by atoms with Crippen molar-refractivity contribution in [3.05, 3.63) is 29.8 Å². The minimum atomic E-state index is 0.265. The fourth-order valence-corrected chi connectivity index (χ4v) is 1.72. The Kier molecular flexibility index (Phi) is 3.59. The number of benzene rings is 1. The summed E-state index contributed by atoms with van der Waals surface area (Å²) in [6, 6.07) is 8.27. The van der Waals surface area contributed by atoms with E-state index in [0.29, 0.717) is 6.61 Å². The molecule has 0 aromatic heterocycles. The van der Waals surface area contributed by atoms with E-state index in [9.17, 15) is 0 Å². The number of rotatable bonds is 4. The summed E-state index contributed by atoms with van der Waals surface area (Å²) in [5, 5.41) is 3.47. The normalized spacial score (nSPS) is 19.4. The Morgan fingerprint density at radius 2 is 2.27 bits per heavy atom. The monoisotopic (exact) mass is 207 g/mol. The zero-order valence-electron chi connectivity index (χ0n) is 9.03. The van der Waals surface area contributed by atoms with Gasteiger partial charge in [-0.05, 0) is 19.0 Å². The summed E-state index contributed by atoms with van der Waals surface area (Å²) in [4.78, 5) is 10.2. The average Bonchev–Trinajstić information content (AvgIpc) is 2.30. The molecule has 0 bridgehead atoms. The van der Waals surface area contributed by atoms with Gasteiger partial charge in [0.1, 0.15) is 6.61 Å². The van der Waals surface area contributed by atoms with Crippen LogP contribution in [-0.2, 0) is 4.89 Å². The molecule has 0 saturated carbocycles. The van der Waals surface area contributed by atoms with Crippen LogP contribution in [0.2, 0.25) is 0 Å². The van der Waals surface area contributed by atoms with Crippen molar-refractivity contribution in [2.75, 3.05) is 13.2 Å². The van der Waals surface area contributed by atoms with Gasteiger partial charge in [-0.3, -0.25) is 0 Å². The lowest BCUT2D eigenvalue weighted by Crippen LogP contribution is -2.30. The highest BCUT2D eigenvalue weighted by Crippen LogP contribution is 2.29. The number of unbranched alkanes of at least 4 members (excludes halogenated alkanes) is 1. The molecule has 15 heavy (non-hydrogen) atoms. The first-order chi connectivity index (χ1) is 7.42. The van der Waals surface area contributed by atoms with Crippen LogP contribution in [0.1, 0.15) is 31.4 Å². The van der Waals surface area contributed by atoms with Crippen LogP contribution < -0.4 is 10.2 Å². The van der Waals surface area contributed by atoms with Gasteiger partial charge in [0.05, 0.1) is 6.04 Å². The first-order valence-corrected chi connectivity index (χ1v) is 5.53. The van der Waals surface area contributed by atoms with E-state index < -0.39 is 0 Å². The van der Waals surface area contributed by atoms with Gasteiger partial charge in [-0.25, -0.2) is 0 Å². The lowest BCUT2D eigenvalue weighted by Gasteiger charge is -2.25. The Morgan fingerprint density at radius 3 is 3.13 bits per heavy atom. The zero-order valence-corrected chi connectivity index (χ0v) is 9.03. The molecule has 1 unspecified atom stereocenters. The van der Waals surface area contributed by atoms with E-state index in [1.165, 1.54) is 18.4 Å². The van der Waals surface area contributed by atoms with E-state index in [2.05, 4.69) is 18.3 Å². The molecular formula is C12H17NO2. The van der Waals surface area contributed by atoms with Crippen molar-refractivity contribution in [1.82, 2.24) is 5.32 Å². The van der Waals surface area contributed by atoms with Crippen LogP contribution in [0.4, 0.5) is 0 Å². The van der Waals surface area contributed by atoms with Gasteiger partial charge in [0.25, 0.3) is 0 Å². The summed E-state index contributed by atoms with van der Waals surface area (Å²) in [5.74, 6) is 0.831. The summed E-state index contributed by atoms with van der Waals surface area (Å²) >= 11 is 0. The van der Waals surface area contributed by atoms with E-state index in [1.54, 1.807) is 0 Å². The Hall–Kier alpha value is -1.06. The third-order valence-corrected chi connectivity index (χ3v) is 2.60. The molecule has 82 valence electrons. The second-order valence-electron chi connectivity index (χ2n) is 3.77. The average molecular weight is 207 g/mol. The van der Waals surface area contributed by atoms with E-state index in [-0.39, 0.29) is 6.04 Å². The van der Waals surface area contributed by atoms with E-state index in [4.69, 9.17) is 9.78 Å².